The molecule has 0 atom stereocenters. The van der Waals surface area contributed by atoms with E-state index in [9.17, 15) is 4.79 Å². The summed E-state index contributed by atoms with van der Waals surface area (Å²) in [5.41, 5.74) is 3.16. The van der Waals surface area contributed by atoms with Crippen molar-refractivity contribution in [3.05, 3.63) is 47.3 Å². The Morgan fingerprint density at radius 3 is 2.66 bits per heavy atom. The first-order valence-electron chi connectivity index (χ1n) is 11.5. The van der Waals surface area contributed by atoms with E-state index in [0.717, 1.165) is 40.1 Å². The van der Waals surface area contributed by atoms with Crippen LogP contribution in [0.4, 0.5) is 0 Å². The quantitative estimate of drug-likeness (QED) is 0.353. The summed E-state index contributed by atoms with van der Waals surface area (Å²) in [6.45, 7) is 2.22. The summed E-state index contributed by atoms with van der Waals surface area (Å²) in [6, 6.07) is 12.9. The third-order valence-electron chi connectivity index (χ3n) is 6.33. The van der Waals surface area contributed by atoms with Crippen molar-refractivity contribution in [2.75, 3.05) is 33.4 Å². The molecule has 1 aromatic carbocycles. The van der Waals surface area contributed by atoms with Crippen LogP contribution in [0.5, 0.6) is 0 Å². The van der Waals surface area contributed by atoms with Crippen LogP contribution in [0.2, 0.25) is 0 Å². The zero-order valence-electron chi connectivity index (χ0n) is 19.3. The number of pyridine rings is 1. The van der Waals surface area contributed by atoms with E-state index in [0.29, 0.717) is 18.9 Å². The average molecular weight is 468 g/mol. The molecule has 1 fully saturated rings. The Balaban J connectivity index is 1.67. The predicted molar refractivity (Wildman–Crippen MR) is 137 cm³/mol. The van der Waals surface area contributed by atoms with Crippen LogP contribution in [0.15, 0.2) is 46.7 Å². The van der Waals surface area contributed by atoms with Gasteiger partial charge in [0.1, 0.15) is 0 Å². The van der Waals surface area contributed by atoms with E-state index in [2.05, 4.69) is 71.9 Å². The summed E-state index contributed by atoms with van der Waals surface area (Å²) in [5.74, 6) is 0.842. The van der Waals surface area contributed by atoms with Gasteiger partial charge in [-0.3, -0.25) is 4.79 Å². The molecule has 3 aromatic rings. The zero-order chi connectivity index (χ0) is 22.5. The van der Waals surface area contributed by atoms with Crippen molar-refractivity contribution in [3.8, 4) is 10.6 Å². The van der Waals surface area contributed by atoms with Crippen LogP contribution in [-0.4, -0.2) is 54.1 Å². The molecule has 2 heterocycles. The van der Waals surface area contributed by atoms with Gasteiger partial charge in [-0.25, -0.2) is 4.98 Å². The van der Waals surface area contributed by atoms with E-state index in [4.69, 9.17) is 4.98 Å². The lowest BCUT2D eigenvalue weighted by Gasteiger charge is -2.26. The number of rotatable bonds is 9. The number of amides is 1. The number of hydrogen-bond acceptors (Lipinski definition) is 5. The molecular formula is C26H33N3OS2. The first kappa shape index (κ1) is 23.3. The Labute approximate surface area is 200 Å². The highest BCUT2D eigenvalue weighted by Gasteiger charge is 2.23. The molecule has 2 aromatic heterocycles. The van der Waals surface area contributed by atoms with Gasteiger partial charge in [0, 0.05) is 36.3 Å². The lowest BCUT2D eigenvalue weighted by atomic mass is 10.0. The highest BCUT2D eigenvalue weighted by Crippen LogP contribution is 2.32. The predicted octanol–water partition coefficient (Wildman–Crippen LogP) is 6.16. The van der Waals surface area contributed by atoms with Gasteiger partial charge in [-0.1, -0.05) is 25.0 Å². The number of likely N-dealkylation sites (N-methyl/N-ethyl adjacent to an activating group) is 1. The molecule has 0 unspecified atom stereocenters. The molecule has 0 saturated heterocycles. The Morgan fingerprint density at radius 2 is 1.97 bits per heavy atom. The van der Waals surface area contributed by atoms with Crippen molar-refractivity contribution in [2.24, 2.45) is 5.92 Å². The Hall–Kier alpha value is -1.89. The summed E-state index contributed by atoms with van der Waals surface area (Å²) < 4.78 is 0. The smallest absolute Gasteiger partial charge is 0.223 e. The fraction of sp³-hybridized carbons (Fsp3) is 0.462. The van der Waals surface area contributed by atoms with Crippen molar-refractivity contribution in [1.29, 1.82) is 0 Å². The molecule has 0 N–H and O–H groups in total. The first-order chi connectivity index (χ1) is 15.5. The summed E-state index contributed by atoms with van der Waals surface area (Å²) >= 11 is 3.44. The molecule has 4 nitrogen and oxygen atoms in total. The number of thioether (sulfide) groups is 1. The Morgan fingerprint density at radius 1 is 1.16 bits per heavy atom. The van der Waals surface area contributed by atoms with Gasteiger partial charge in [-0.2, -0.15) is 0 Å². The summed E-state index contributed by atoms with van der Waals surface area (Å²) in [7, 11) is 4.13. The third-order valence-corrected chi connectivity index (χ3v) is 7.93. The summed E-state index contributed by atoms with van der Waals surface area (Å²) in [5, 5.41) is 3.23. The van der Waals surface area contributed by atoms with E-state index in [1.54, 1.807) is 23.1 Å². The standard InChI is InChI=1S/C26H33N3OS2/c1-28(2)12-13-29(25(30)15-19-7-4-5-8-19)18-21-16-20-10-11-22(31-3)17-23(20)27-26(21)24-9-6-14-32-24/h6,9-11,14,16-17,19H,4-5,7-8,12-13,15,18H2,1-3H3. The molecule has 0 spiro atoms. The maximum Gasteiger partial charge on any atom is 0.223 e. The molecule has 170 valence electrons. The first-order valence-corrected chi connectivity index (χ1v) is 13.6. The SMILES string of the molecule is CSc1ccc2cc(CN(CCN(C)C)C(=O)CC3CCCC3)c(-c3cccs3)nc2c1. The molecule has 0 bridgehead atoms. The monoisotopic (exact) mass is 467 g/mol. The number of fused-ring (bicyclic) bond motifs is 1. The molecule has 1 aliphatic rings. The Bertz CT molecular complexity index is 1040. The minimum atomic E-state index is 0.286. The van der Waals surface area contributed by atoms with Gasteiger partial charge in [0.05, 0.1) is 16.1 Å². The van der Waals surface area contributed by atoms with Crippen LogP contribution < -0.4 is 0 Å². The topological polar surface area (TPSA) is 36.4 Å². The second kappa shape index (κ2) is 10.8. The van der Waals surface area contributed by atoms with Crippen molar-refractivity contribution in [2.45, 2.75) is 43.5 Å². The summed E-state index contributed by atoms with van der Waals surface area (Å²) in [4.78, 5) is 25.0. The van der Waals surface area contributed by atoms with Crippen molar-refractivity contribution in [1.82, 2.24) is 14.8 Å². The van der Waals surface area contributed by atoms with Crippen LogP contribution >= 0.6 is 23.1 Å². The number of carbonyl (C=O) groups is 1. The molecule has 1 amide bonds. The van der Waals surface area contributed by atoms with Crippen LogP contribution in [0.3, 0.4) is 0 Å². The van der Waals surface area contributed by atoms with Crippen LogP contribution in [0.25, 0.3) is 21.5 Å². The molecule has 6 heteroatoms. The molecular weight excluding hydrogens is 434 g/mol. The summed E-state index contributed by atoms with van der Waals surface area (Å²) in [6.07, 6.45) is 7.70. The third kappa shape index (κ3) is 5.72. The minimum Gasteiger partial charge on any atom is -0.337 e. The number of carbonyl (C=O) groups excluding carboxylic acids is 1. The second-order valence-electron chi connectivity index (χ2n) is 9.01. The van der Waals surface area contributed by atoms with E-state index in [-0.39, 0.29) is 5.91 Å². The molecule has 0 radical (unpaired) electrons. The van der Waals surface area contributed by atoms with Gasteiger partial charge in [0.2, 0.25) is 5.91 Å². The number of aromatic nitrogens is 1. The lowest BCUT2D eigenvalue weighted by molar-refractivity contribution is -0.133. The van der Waals surface area contributed by atoms with E-state index >= 15 is 0 Å². The average Bonchev–Trinajstić information content (AvgIpc) is 3.50. The van der Waals surface area contributed by atoms with Crippen molar-refractivity contribution >= 4 is 39.9 Å². The molecule has 1 aliphatic carbocycles. The van der Waals surface area contributed by atoms with Crippen LogP contribution in [-0.2, 0) is 11.3 Å². The van der Waals surface area contributed by atoms with Crippen molar-refractivity contribution < 1.29 is 4.79 Å². The molecule has 1 saturated carbocycles. The van der Waals surface area contributed by atoms with Gasteiger partial charge in [0.25, 0.3) is 0 Å². The van der Waals surface area contributed by atoms with E-state index in [1.165, 1.54) is 30.6 Å². The van der Waals surface area contributed by atoms with Gasteiger partial charge < -0.3 is 9.80 Å². The Kier molecular flexibility index (Phi) is 7.87. The number of nitrogens with zero attached hydrogens (tertiary/aromatic N) is 3. The fourth-order valence-corrected chi connectivity index (χ4v) is 5.66. The highest BCUT2D eigenvalue weighted by atomic mass is 32.2. The maximum absolute atomic E-state index is 13.3. The zero-order valence-corrected chi connectivity index (χ0v) is 21.0. The van der Waals surface area contributed by atoms with Crippen LogP contribution in [0.1, 0.15) is 37.7 Å². The highest BCUT2D eigenvalue weighted by molar-refractivity contribution is 7.98. The second-order valence-corrected chi connectivity index (χ2v) is 10.8. The molecule has 4 rings (SSSR count). The fourth-order valence-electron chi connectivity index (χ4n) is 4.47. The van der Waals surface area contributed by atoms with Crippen molar-refractivity contribution in [3.63, 3.8) is 0 Å². The maximum atomic E-state index is 13.3. The van der Waals surface area contributed by atoms with E-state index in [1.807, 2.05) is 0 Å². The lowest BCUT2D eigenvalue weighted by Crippen LogP contribution is -2.37. The minimum absolute atomic E-state index is 0.286. The normalized spacial score (nSPS) is 14.5. The molecule has 0 aliphatic heterocycles. The number of benzene rings is 1. The van der Waals surface area contributed by atoms with Gasteiger partial charge in [-0.15, -0.1) is 23.1 Å². The molecule has 32 heavy (non-hydrogen) atoms. The van der Waals surface area contributed by atoms with Gasteiger partial charge in [-0.05, 0) is 74.3 Å². The van der Waals surface area contributed by atoms with E-state index < -0.39 is 0 Å². The largest absolute Gasteiger partial charge is 0.337 e. The number of hydrogen-bond donors (Lipinski definition) is 0. The van der Waals surface area contributed by atoms with Crippen LogP contribution in [0, 0.1) is 5.92 Å². The van der Waals surface area contributed by atoms with Gasteiger partial charge >= 0.3 is 0 Å². The number of thiophene rings is 1. The van der Waals surface area contributed by atoms with Gasteiger partial charge in [0.15, 0.2) is 0 Å².